The average molecular weight is 302 g/mol. The number of hydrogen-bond donors (Lipinski definition) is 1. The summed E-state index contributed by atoms with van der Waals surface area (Å²) in [4.78, 5) is 5.27. The first kappa shape index (κ1) is 14.5. The van der Waals surface area contributed by atoms with Crippen LogP contribution < -0.4 is 10.1 Å². The lowest BCUT2D eigenvalue weighted by Crippen LogP contribution is -2.26. The predicted molar refractivity (Wildman–Crippen MR) is 86.9 cm³/mol. The Hall–Kier alpha value is -1.39. The molecule has 3 nitrogen and oxygen atoms in total. The van der Waals surface area contributed by atoms with Crippen LogP contribution in [-0.2, 0) is 13.0 Å². The predicted octanol–water partition coefficient (Wildman–Crippen LogP) is 4.10. The third kappa shape index (κ3) is 3.44. The second kappa shape index (κ2) is 7.05. The molecule has 1 N–H and O–H groups in total. The zero-order valence-electron chi connectivity index (χ0n) is 12.5. The van der Waals surface area contributed by atoms with E-state index in [1.807, 2.05) is 11.7 Å². The highest BCUT2D eigenvalue weighted by Gasteiger charge is 2.22. The van der Waals surface area contributed by atoms with Crippen LogP contribution in [0.2, 0.25) is 0 Å². The molecule has 1 atom stereocenters. The van der Waals surface area contributed by atoms with Gasteiger partial charge in [0.15, 0.2) is 0 Å². The summed E-state index contributed by atoms with van der Waals surface area (Å²) in [5.41, 5.74) is 4.67. The van der Waals surface area contributed by atoms with Crippen molar-refractivity contribution in [2.75, 3.05) is 6.54 Å². The molecule has 21 heavy (non-hydrogen) atoms. The van der Waals surface area contributed by atoms with E-state index in [1.54, 1.807) is 11.3 Å². The van der Waals surface area contributed by atoms with Crippen LogP contribution in [-0.4, -0.2) is 11.5 Å². The minimum Gasteiger partial charge on any atom is -0.488 e. The maximum atomic E-state index is 6.04. The zero-order valence-corrected chi connectivity index (χ0v) is 13.3. The van der Waals surface area contributed by atoms with Gasteiger partial charge in [-0.2, -0.15) is 0 Å². The Morgan fingerprint density at radius 1 is 1.43 bits per heavy atom. The maximum Gasteiger partial charge on any atom is 0.124 e. The van der Waals surface area contributed by atoms with E-state index in [0.717, 1.165) is 18.7 Å². The lowest BCUT2D eigenvalue weighted by Gasteiger charge is -2.28. The second-order valence-corrected chi connectivity index (χ2v) is 6.45. The highest BCUT2D eigenvalue weighted by Crippen LogP contribution is 2.35. The molecule has 1 aliphatic rings. The van der Waals surface area contributed by atoms with Gasteiger partial charge in [-0.25, -0.2) is 0 Å². The van der Waals surface area contributed by atoms with E-state index in [9.17, 15) is 0 Å². The van der Waals surface area contributed by atoms with E-state index < -0.39 is 0 Å². The molecule has 4 heteroatoms. The molecule has 0 saturated heterocycles. The Balaban J connectivity index is 1.76. The lowest BCUT2D eigenvalue weighted by molar-refractivity contribution is 0.302. The minimum atomic E-state index is 0.487. The van der Waals surface area contributed by atoms with Crippen LogP contribution in [0.4, 0.5) is 0 Å². The molecule has 1 aromatic carbocycles. The molecule has 1 aromatic heterocycles. The molecule has 1 heterocycles. The highest BCUT2D eigenvalue weighted by atomic mass is 32.1. The summed E-state index contributed by atoms with van der Waals surface area (Å²) in [5, 5.41) is 3.66. The molecule has 0 saturated carbocycles. The quantitative estimate of drug-likeness (QED) is 0.872. The topological polar surface area (TPSA) is 34.1 Å². The molecular formula is C17H22N2OS. The van der Waals surface area contributed by atoms with Gasteiger partial charge in [-0.1, -0.05) is 19.1 Å². The number of rotatable bonds is 6. The van der Waals surface area contributed by atoms with E-state index >= 15 is 0 Å². The molecule has 1 aliphatic carbocycles. The van der Waals surface area contributed by atoms with E-state index in [-0.39, 0.29) is 0 Å². The van der Waals surface area contributed by atoms with Gasteiger partial charge in [0.25, 0.3) is 0 Å². The summed E-state index contributed by atoms with van der Waals surface area (Å²) >= 11 is 1.64. The number of fused-ring (bicyclic) bond motifs is 1. The summed E-state index contributed by atoms with van der Waals surface area (Å²) in [5.74, 6) is 1.05. The molecular weight excluding hydrogens is 280 g/mol. The van der Waals surface area contributed by atoms with Crippen molar-refractivity contribution < 1.29 is 4.74 Å². The number of aromatic nitrogens is 1. The Bertz CT molecular complexity index is 568. The molecule has 0 fully saturated rings. The van der Waals surface area contributed by atoms with Crippen molar-refractivity contribution in [2.45, 2.75) is 45.3 Å². The summed E-state index contributed by atoms with van der Waals surface area (Å²) in [6.45, 7) is 3.91. The van der Waals surface area contributed by atoms with Crippen LogP contribution in [0.15, 0.2) is 29.9 Å². The first-order chi connectivity index (χ1) is 10.4. The molecule has 2 aromatic rings. The molecule has 0 spiro atoms. The van der Waals surface area contributed by atoms with Gasteiger partial charge < -0.3 is 10.1 Å². The Labute approximate surface area is 130 Å². The summed E-state index contributed by atoms with van der Waals surface area (Å²) in [6.07, 6.45) is 6.64. The minimum absolute atomic E-state index is 0.487. The fourth-order valence-electron chi connectivity index (χ4n) is 2.94. The third-order valence-electron chi connectivity index (χ3n) is 3.96. The molecule has 0 bridgehead atoms. The normalized spacial score (nSPS) is 17.5. The fraction of sp³-hybridized carbons (Fsp3) is 0.471. The molecule has 0 aliphatic heterocycles. The molecule has 3 rings (SSSR count). The van der Waals surface area contributed by atoms with E-state index in [0.29, 0.717) is 12.6 Å². The number of hydrogen-bond acceptors (Lipinski definition) is 4. The molecule has 0 amide bonds. The highest BCUT2D eigenvalue weighted by molar-refractivity contribution is 7.09. The van der Waals surface area contributed by atoms with Crippen molar-refractivity contribution in [3.63, 3.8) is 0 Å². The molecule has 1 unspecified atom stereocenters. The molecule has 0 radical (unpaired) electrons. The van der Waals surface area contributed by atoms with E-state index in [2.05, 4.69) is 35.4 Å². The van der Waals surface area contributed by atoms with Crippen molar-refractivity contribution in [3.8, 4) is 5.75 Å². The summed E-state index contributed by atoms with van der Waals surface area (Å²) < 4.78 is 6.04. The van der Waals surface area contributed by atoms with Gasteiger partial charge in [-0.05, 0) is 49.4 Å². The SMILES string of the molecule is CCCNC1CCCc2c(OCc3cncs3)cccc21. The summed E-state index contributed by atoms with van der Waals surface area (Å²) in [7, 11) is 0. The van der Waals surface area contributed by atoms with Crippen LogP contribution in [0.5, 0.6) is 5.75 Å². The smallest absolute Gasteiger partial charge is 0.124 e. The Kier molecular flexibility index (Phi) is 4.88. The number of nitrogens with one attached hydrogen (secondary N) is 1. The monoisotopic (exact) mass is 302 g/mol. The van der Waals surface area contributed by atoms with Gasteiger partial charge in [0.05, 0.1) is 10.4 Å². The van der Waals surface area contributed by atoms with Crippen molar-refractivity contribution in [1.29, 1.82) is 0 Å². The van der Waals surface area contributed by atoms with E-state index in [1.165, 1.54) is 35.3 Å². The summed E-state index contributed by atoms with van der Waals surface area (Å²) in [6, 6.07) is 6.96. The largest absolute Gasteiger partial charge is 0.488 e. The number of nitrogens with zero attached hydrogens (tertiary/aromatic N) is 1. The number of ether oxygens (including phenoxy) is 1. The van der Waals surface area contributed by atoms with Crippen molar-refractivity contribution in [3.05, 3.63) is 45.9 Å². The average Bonchev–Trinajstić information content (AvgIpc) is 3.04. The van der Waals surface area contributed by atoms with Crippen LogP contribution in [0.1, 0.15) is 48.2 Å². The van der Waals surface area contributed by atoms with Gasteiger partial charge in [-0.15, -0.1) is 11.3 Å². The molecule has 112 valence electrons. The standard InChI is InChI=1S/C17H22N2OS/c1-2-9-19-16-7-3-6-15-14(16)5-4-8-17(15)20-11-13-10-18-12-21-13/h4-5,8,10,12,16,19H,2-3,6-7,9,11H2,1H3. The van der Waals surface area contributed by atoms with E-state index in [4.69, 9.17) is 4.74 Å². The Morgan fingerprint density at radius 3 is 3.19 bits per heavy atom. The fourth-order valence-corrected chi connectivity index (χ4v) is 3.45. The first-order valence-electron chi connectivity index (χ1n) is 7.74. The van der Waals surface area contributed by atoms with Crippen LogP contribution >= 0.6 is 11.3 Å². The lowest BCUT2D eigenvalue weighted by atomic mass is 9.87. The van der Waals surface area contributed by atoms with Gasteiger partial charge >= 0.3 is 0 Å². The first-order valence-corrected chi connectivity index (χ1v) is 8.61. The van der Waals surface area contributed by atoms with Gasteiger partial charge in [-0.3, -0.25) is 4.98 Å². The second-order valence-electron chi connectivity index (χ2n) is 5.48. The van der Waals surface area contributed by atoms with Crippen molar-refractivity contribution in [1.82, 2.24) is 10.3 Å². The number of benzene rings is 1. The van der Waals surface area contributed by atoms with Crippen LogP contribution in [0.3, 0.4) is 0 Å². The van der Waals surface area contributed by atoms with Crippen molar-refractivity contribution in [2.24, 2.45) is 0 Å². The Morgan fingerprint density at radius 2 is 2.38 bits per heavy atom. The van der Waals surface area contributed by atoms with Crippen LogP contribution in [0, 0.1) is 0 Å². The number of thiazole rings is 1. The maximum absolute atomic E-state index is 6.04. The van der Waals surface area contributed by atoms with Crippen LogP contribution in [0.25, 0.3) is 0 Å². The van der Waals surface area contributed by atoms with Gasteiger partial charge in [0.1, 0.15) is 12.4 Å². The van der Waals surface area contributed by atoms with Gasteiger partial charge in [0.2, 0.25) is 0 Å². The van der Waals surface area contributed by atoms with Crippen molar-refractivity contribution >= 4 is 11.3 Å². The third-order valence-corrected chi connectivity index (χ3v) is 4.71. The van der Waals surface area contributed by atoms with Gasteiger partial charge in [0, 0.05) is 12.2 Å². The zero-order chi connectivity index (χ0) is 14.5.